The number of anilines is 1. The van der Waals surface area contributed by atoms with Crippen LogP contribution in [0.1, 0.15) is 17.9 Å². The highest BCUT2D eigenvalue weighted by Gasteiger charge is 2.38. The van der Waals surface area contributed by atoms with Crippen LogP contribution in [-0.4, -0.2) is 20.7 Å². The van der Waals surface area contributed by atoms with Crippen molar-refractivity contribution in [2.45, 2.75) is 23.3 Å². The van der Waals surface area contributed by atoms with E-state index in [4.69, 9.17) is 0 Å². The summed E-state index contributed by atoms with van der Waals surface area (Å²) >= 11 is 0. The number of rotatable bonds is 4. The normalized spacial score (nSPS) is 21.4. The first-order valence-electron chi connectivity index (χ1n) is 6.65. The van der Waals surface area contributed by atoms with E-state index in [9.17, 15) is 8.42 Å². The highest BCUT2D eigenvalue weighted by Crippen LogP contribution is 2.42. The van der Waals surface area contributed by atoms with Crippen molar-refractivity contribution < 1.29 is 8.42 Å². The average molecular weight is 287 g/mol. The quantitative estimate of drug-likeness (QED) is 0.940. The molecule has 20 heavy (non-hydrogen) atoms. The zero-order valence-corrected chi connectivity index (χ0v) is 12.1. The second-order valence-electron chi connectivity index (χ2n) is 5.30. The Labute approximate surface area is 119 Å². The lowest BCUT2D eigenvalue weighted by molar-refractivity contribution is 0.602. The van der Waals surface area contributed by atoms with E-state index in [-0.39, 0.29) is 0 Å². The van der Waals surface area contributed by atoms with E-state index in [1.54, 1.807) is 12.1 Å². The molecule has 2 atom stereocenters. The molecule has 0 aliphatic heterocycles. The van der Waals surface area contributed by atoms with Gasteiger partial charge >= 0.3 is 0 Å². The van der Waals surface area contributed by atoms with Gasteiger partial charge in [0.2, 0.25) is 0 Å². The molecule has 0 saturated heterocycles. The van der Waals surface area contributed by atoms with Crippen LogP contribution in [0.2, 0.25) is 0 Å². The summed E-state index contributed by atoms with van der Waals surface area (Å²) in [6, 6.07) is 17.9. The molecule has 4 heteroatoms. The van der Waals surface area contributed by atoms with Gasteiger partial charge in [-0.05, 0) is 36.2 Å². The number of hydrogen-bond acceptors (Lipinski definition) is 3. The number of benzene rings is 2. The Morgan fingerprint density at radius 2 is 1.65 bits per heavy atom. The van der Waals surface area contributed by atoms with Gasteiger partial charge < -0.3 is 5.32 Å². The first-order valence-corrected chi connectivity index (χ1v) is 8.55. The van der Waals surface area contributed by atoms with Gasteiger partial charge in [-0.25, -0.2) is 8.42 Å². The molecule has 1 N–H and O–H groups in total. The van der Waals surface area contributed by atoms with Gasteiger partial charge in [0.05, 0.1) is 4.90 Å². The molecule has 0 bridgehead atoms. The molecule has 0 heterocycles. The van der Waals surface area contributed by atoms with E-state index in [1.165, 1.54) is 11.8 Å². The Kier molecular flexibility index (Phi) is 3.26. The molecule has 0 radical (unpaired) electrons. The molecule has 0 aromatic heterocycles. The van der Waals surface area contributed by atoms with Crippen LogP contribution in [0.5, 0.6) is 0 Å². The highest BCUT2D eigenvalue weighted by atomic mass is 32.2. The summed E-state index contributed by atoms with van der Waals surface area (Å²) in [5.41, 5.74) is 2.33. The summed E-state index contributed by atoms with van der Waals surface area (Å²) in [4.78, 5) is 0.360. The number of hydrogen-bond donors (Lipinski definition) is 1. The Balaban J connectivity index is 1.66. The van der Waals surface area contributed by atoms with Crippen molar-refractivity contribution in [2.75, 3.05) is 11.6 Å². The van der Waals surface area contributed by atoms with Crippen LogP contribution < -0.4 is 5.32 Å². The Morgan fingerprint density at radius 3 is 2.25 bits per heavy atom. The predicted octanol–water partition coefficient (Wildman–Crippen LogP) is 3.06. The van der Waals surface area contributed by atoms with Gasteiger partial charge in [-0.2, -0.15) is 0 Å². The molecule has 1 aliphatic carbocycles. The molecule has 1 aliphatic rings. The number of nitrogens with one attached hydrogen (secondary N) is 1. The molecule has 3 rings (SSSR count). The Bertz CT molecular complexity index is 693. The second kappa shape index (κ2) is 4.94. The monoisotopic (exact) mass is 287 g/mol. The van der Waals surface area contributed by atoms with Crippen molar-refractivity contribution in [3.05, 3.63) is 60.2 Å². The van der Waals surface area contributed by atoms with Gasteiger partial charge in [0.25, 0.3) is 0 Å². The number of sulfone groups is 1. The van der Waals surface area contributed by atoms with Crippen LogP contribution >= 0.6 is 0 Å². The van der Waals surface area contributed by atoms with Gasteiger partial charge in [0.15, 0.2) is 9.84 Å². The minimum atomic E-state index is -3.11. The highest BCUT2D eigenvalue weighted by molar-refractivity contribution is 7.90. The molecule has 3 nitrogen and oxygen atoms in total. The third-order valence-corrected chi connectivity index (χ3v) is 4.78. The van der Waals surface area contributed by atoms with Crippen molar-refractivity contribution in [1.82, 2.24) is 0 Å². The maximum absolute atomic E-state index is 11.4. The van der Waals surface area contributed by atoms with Crippen molar-refractivity contribution >= 4 is 15.5 Å². The summed E-state index contributed by atoms with van der Waals surface area (Å²) in [6.07, 6.45) is 2.35. The van der Waals surface area contributed by atoms with Crippen LogP contribution in [0.3, 0.4) is 0 Å². The lowest BCUT2D eigenvalue weighted by atomic mass is 10.1. The fourth-order valence-electron chi connectivity index (χ4n) is 2.44. The first-order chi connectivity index (χ1) is 9.54. The van der Waals surface area contributed by atoms with Crippen molar-refractivity contribution in [3.63, 3.8) is 0 Å². The Hall–Kier alpha value is -1.81. The van der Waals surface area contributed by atoms with Crippen LogP contribution in [0.4, 0.5) is 5.69 Å². The van der Waals surface area contributed by atoms with E-state index in [1.807, 2.05) is 18.2 Å². The molecular weight excluding hydrogens is 270 g/mol. The molecule has 1 saturated carbocycles. The fourth-order valence-corrected chi connectivity index (χ4v) is 3.07. The second-order valence-corrected chi connectivity index (χ2v) is 7.32. The van der Waals surface area contributed by atoms with Crippen molar-refractivity contribution in [3.8, 4) is 0 Å². The van der Waals surface area contributed by atoms with E-state index in [0.717, 1.165) is 12.1 Å². The smallest absolute Gasteiger partial charge is 0.175 e. The van der Waals surface area contributed by atoms with Crippen molar-refractivity contribution in [1.29, 1.82) is 0 Å². The zero-order valence-electron chi connectivity index (χ0n) is 11.3. The average Bonchev–Trinajstić information content (AvgIpc) is 3.19. The van der Waals surface area contributed by atoms with Gasteiger partial charge in [-0.3, -0.25) is 0 Å². The van der Waals surface area contributed by atoms with Gasteiger partial charge in [-0.15, -0.1) is 0 Å². The summed E-state index contributed by atoms with van der Waals surface area (Å²) in [5, 5.41) is 3.45. The lowest BCUT2D eigenvalue weighted by Gasteiger charge is -2.07. The van der Waals surface area contributed by atoms with Crippen LogP contribution in [0, 0.1) is 0 Å². The SMILES string of the molecule is CS(=O)(=O)c1ccc(NC2CC2c2ccccc2)cc1. The topological polar surface area (TPSA) is 46.2 Å². The molecule has 2 aromatic rings. The van der Waals surface area contributed by atoms with Gasteiger partial charge in [0, 0.05) is 23.9 Å². The zero-order chi connectivity index (χ0) is 14.2. The van der Waals surface area contributed by atoms with E-state index >= 15 is 0 Å². The summed E-state index contributed by atoms with van der Waals surface area (Å²) in [7, 11) is -3.11. The van der Waals surface area contributed by atoms with Crippen LogP contribution in [0.25, 0.3) is 0 Å². The largest absolute Gasteiger partial charge is 0.382 e. The standard InChI is InChI=1S/C16H17NO2S/c1-20(18,19)14-9-7-13(8-10-14)17-16-11-15(16)12-5-3-2-4-6-12/h2-10,15-17H,11H2,1H3. The first kappa shape index (κ1) is 13.2. The molecular formula is C16H17NO2S. The molecule has 1 fully saturated rings. The minimum absolute atomic E-state index is 0.360. The van der Waals surface area contributed by atoms with E-state index in [2.05, 4.69) is 29.6 Å². The Morgan fingerprint density at radius 1 is 1.00 bits per heavy atom. The lowest BCUT2D eigenvalue weighted by Crippen LogP contribution is -2.04. The van der Waals surface area contributed by atoms with E-state index in [0.29, 0.717) is 16.9 Å². The molecule has 2 unspecified atom stereocenters. The third kappa shape index (κ3) is 2.85. The summed E-state index contributed by atoms with van der Waals surface area (Å²) in [6.45, 7) is 0. The summed E-state index contributed by atoms with van der Waals surface area (Å²) in [5.74, 6) is 0.561. The van der Waals surface area contributed by atoms with E-state index < -0.39 is 9.84 Å². The van der Waals surface area contributed by atoms with Gasteiger partial charge in [0.1, 0.15) is 0 Å². The summed E-state index contributed by atoms with van der Waals surface area (Å²) < 4.78 is 22.8. The van der Waals surface area contributed by atoms with Gasteiger partial charge in [-0.1, -0.05) is 30.3 Å². The molecule has 0 amide bonds. The minimum Gasteiger partial charge on any atom is -0.382 e. The maximum atomic E-state index is 11.4. The van der Waals surface area contributed by atoms with Crippen molar-refractivity contribution in [2.24, 2.45) is 0 Å². The molecule has 2 aromatic carbocycles. The molecule has 0 spiro atoms. The predicted molar refractivity (Wildman–Crippen MR) is 80.8 cm³/mol. The van der Waals surface area contributed by atoms with Crippen LogP contribution in [0.15, 0.2) is 59.5 Å². The molecule has 104 valence electrons. The fraction of sp³-hybridized carbons (Fsp3) is 0.250. The van der Waals surface area contributed by atoms with Crippen LogP contribution in [-0.2, 0) is 9.84 Å². The maximum Gasteiger partial charge on any atom is 0.175 e. The third-order valence-electron chi connectivity index (χ3n) is 3.65.